The van der Waals surface area contributed by atoms with Gasteiger partial charge in [-0.15, -0.1) is 0 Å². The Balaban J connectivity index is 2.55. The number of nitrogens with one attached hydrogen (secondary N) is 2. The number of hydrogen-bond acceptors (Lipinski definition) is 3. The second kappa shape index (κ2) is 3.53. The lowest BCUT2D eigenvalue weighted by Gasteiger charge is -2.17. The Labute approximate surface area is 70.1 Å². The van der Waals surface area contributed by atoms with E-state index in [4.69, 9.17) is 5.11 Å². The summed E-state index contributed by atoms with van der Waals surface area (Å²) in [6.07, 6.45) is 0.104. The van der Waals surface area contributed by atoms with Crippen LogP contribution in [0.25, 0.3) is 0 Å². The molecule has 1 fully saturated rings. The quantitative estimate of drug-likeness (QED) is 0.517. The fourth-order valence-electron chi connectivity index (χ4n) is 1.27. The highest BCUT2D eigenvalue weighted by molar-refractivity contribution is 5.82. The van der Waals surface area contributed by atoms with Crippen molar-refractivity contribution in [3.8, 4) is 0 Å². The van der Waals surface area contributed by atoms with Gasteiger partial charge in [-0.05, 0) is 6.42 Å². The molecule has 0 aromatic rings. The highest BCUT2D eigenvalue weighted by Gasteiger charge is 2.31. The van der Waals surface area contributed by atoms with Gasteiger partial charge in [-0.3, -0.25) is 14.9 Å². The maximum Gasteiger partial charge on any atom is 0.309 e. The molecule has 2 unspecified atom stereocenters. The van der Waals surface area contributed by atoms with Crippen molar-refractivity contribution in [1.82, 2.24) is 10.6 Å². The van der Waals surface area contributed by atoms with Crippen LogP contribution in [-0.4, -0.2) is 29.7 Å². The van der Waals surface area contributed by atoms with Crippen molar-refractivity contribution >= 4 is 11.9 Å². The SMILES string of the molecule is CCC(C(=O)O)C1NCC(=O)N1. The molecular formula is C7H12N2O3. The first-order chi connectivity index (χ1) is 5.65. The topological polar surface area (TPSA) is 78.4 Å². The van der Waals surface area contributed by atoms with E-state index >= 15 is 0 Å². The molecule has 0 aromatic carbocycles. The number of amides is 1. The second-order valence-corrected chi connectivity index (χ2v) is 2.78. The van der Waals surface area contributed by atoms with Crippen molar-refractivity contribution in [3.63, 3.8) is 0 Å². The van der Waals surface area contributed by atoms with Gasteiger partial charge in [0.1, 0.15) is 0 Å². The molecule has 0 bridgehead atoms. The fraction of sp³-hybridized carbons (Fsp3) is 0.714. The first kappa shape index (κ1) is 8.99. The van der Waals surface area contributed by atoms with Crippen LogP contribution in [0.3, 0.4) is 0 Å². The van der Waals surface area contributed by atoms with Crippen LogP contribution in [0.2, 0.25) is 0 Å². The molecule has 0 radical (unpaired) electrons. The summed E-state index contributed by atoms with van der Waals surface area (Å²) in [5, 5.41) is 14.1. The number of aliphatic carboxylic acids is 1. The largest absolute Gasteiger partial charge is 0.481 e. The molecule has 68 valence electrons. The van der Waals surface area contributed by atoms with Gasteiger partial charge in [0, 0.05) is 0 Å². The Hall–Kier alpha value is -1.10. The number of carboxylic acid groups (broad SMARTS) is 1. The lowest BCUT2D eigenvalue weighted by molar-refractivity contribution is -0.143. The van der Waals surface area contributed by atoms with Gasteiger partial charge < -0.3 is 10.4 Å². The van der Waals surface area contributed by atoms with Crippen LogP contribution in [0.1, 0.15) is 13.3 Å². The Bertz CT molecular complexity index is 205. The van der Waals surface area contributed by atoms with Crippen molar-refractivity contribution in [1.29, 1.82) is 0 Å². The Kier molecular flexibility index (Phi) is 2.65. The lowest BCUT2D eigenvalue weighted by Crippen LogP contribution is -2.43. The van der Waals surface area contributed by atoms with Crippen LogP contribution < -0.4 is 10.6 Å². The first-order valence-corrected chi connectivity index (χ1v) is 3.90. The first-order valence-electron chi connectivity index (χ1n) is 3.90. The molecule has 2 atom stereocenters. The van der Waals surface area contributed by atoms with E-state index in [-0.39, 0.29) is 12.5 Å². The molecule has 1 heterocycles. The molecule has 0 aromatic heterocycles. The van der Waals surface area contributed by atoms with Gasteiger partial charge in [-0.2, -0.15) is 0 Å². The zero-order valence-corrected chi connectivity index (χ0v) is 6.83. The highest BCUT2D eigenvalue weighted by Crippen LogP contribution is 2.09. The summed E-state index contributed by atoms with van der Waals surface area (Å²) in [7, 11) is 0. The van der Waals surface area contributed by atoms with E-state index in [2.05, 4.69) is 10.6 Å². The van der Waals surface area contributed by atoms with E-state index in [1.165, 1.54) is 0 Å². The van der Waals surface area contributed by atoms with Crippen LogP contribution in [0.5, 0.6) is 0 Å². The normalized spacial score (nSPS) is 25.1. The number of hydrogen-bond donors (Lipinski definition) is 3. The van der Waals surface area contributed by atoms with Crippen LogP contribution in [0.15, 0.2) is 0 Å². The fourth-order valence-corrected chi connectivity index (χ4v) is 1.27. The van der Waals surface area contributed by atoms with Gasteiger partial charge in [-0.1, -0.05) is 6.92 Å². The molecule has 1 amide bonds. The second-order valence-electron chi connectivity index (χ2n) is 2.78. The third kappa shape index (κ3) is 1.73. The maximum atomic E-state index is 10.7. The summed E-state index contributed by atoms with van der Waals surface area (Å²) in [4.78, 5) is 21.4. The molecule has 5 nitrogen and oxygen atoms in total. The van der Waals surface area contributed by atoms with E-state index in [9.17, 15) is 9.59 Å². The average molecular weight is 172 g/mol. The zero-order chi connectivity index (χ0) is 9.14. The predicted octanol–water partition coefficient (Wildman–Crippen LogP) is -0.857. The smallest absolute Gasteiger partial charge is 0.309 e. The zero-order valence-electron chi connectivity index (χ0n) is 6.83. The van der Waals surface area contributed by atoms with Gasteiger partial charge in [-0.25, -0.2) is 0 Å². The van der Waals surface area contributed by atoms with E-state index in [1.807, 2.05) is 0 Å². The lowest BCUT2D eigenvalue weighted by atomic mass is 10.0. The minimum Gasteiger partial charge on any atom is -0.481 e. The number of carboxylic acids is 1. The molecule has 0 spiro atoms. The minimum absolute atomic E-state index is 0.139. The van der Waals surface area contributed by atoms with E-state index in [0.717, 1.165) is 0 Å². The maximum absolute atomic E-state index is 10.7. The van der Waals surface area contributed by atoms with Gasteiger partial charge in [0.2, 0.25) is 5.91 Å². The molecule has 1 aliphatic heterocycles. The van der Waals surface area contributed by atoms with Crippen molar-refractivity contribution < 1.29 is 14.7 Å². The van der Waals surface area contributed by atoms with Crippen LogP contribution in [-0.2, 0) is 9.59 Å². The third-order valence-electron chi connectivity index (χ3n) is 1.96. The summed E-state index contributed by atoms with van der Waals surface area (Å²) in [5.74, 6) is -1.55. The van der Waals surface area contributed by atoms with Gasteiger partial charge in [0.25, 0.3) is 0 Å². The molecule has 1 saturated heterocycles. The molecular weight excluding hydrogens is 160 g/mol. The molecule has 0 aliphatic carbocycles. The Morgan fingerprint density at radius 1 is 1.83 bits per heavy atom. The summed E-state index contributed by atoms with van der Waals surface area (Å²) in [6, 6.07) is 0. The van der Waals surface area contributed by atoms with Crippen LogP contribution in [0, 0.1) is 5.92 Å². The molecule has 1 rings (SSSR count). The average Bonchev–Trinajstić information content (AvgIpc) is 2.37. The van der Waals surface area contributed by atoms with Crippen molar-refractivity contribution in [2.45, 2.75) is 19.5 Å². The minimum atomic E-state index is -0.878. The predicted molar refractivity (Wildman–Crippen MR) is 41.4 cm³/mol. The van der Waals surface area contributed by atoms with Crippen molar-refractivity contribution in [2.75, 3.05) is 6.54 Å². The van der Waals surface area contributed by atoms with E-state index in [1.54, 1.807) is 6.92 Å². The molecule has 5 heteroatoms. The molecule has 12 heavy (non-hydrogen) atoms. The summed E-state index contributed by atoms with van der Waals surface area (Å²) >= 11 is 0. The standard InChI is InChI=1S/C7H12N2O3/c1-2-4(7(11)12)6-8-3-5(10)9-6/h4,6,8H,2-3H2,1H3,(H,9,10)(H,11,12). The third-order valence-corrected chi connectivity index (χ3v) is 1.96. The van der Waals surface area contributed by atoms with E-state index in [0.29, 0.717) is 6.42 Å². The van der Waals surface area contributed by atoms with Crippen molar-refractivity contribution in [2.24, 2.45) is 5.92 Å². The monoisotopic (exact) mass is 172 g/mol. The van der Waals surface area contributed by atoms with Gasteiger partial charge in [0.05, 0.1) is 18.6 Å². The van der Waals surface area contributed by atoms with Crippen LogP contribution >= 0.6 is 0 Å². The number of carbonyl (C=O) groups excluding carboxylic acids is 1. The number of carbonyl (C=O) groups is 2. The summed E-state index contributed by atoms with van der Waals surface area (Å²) in [6.45, 7) is 2.00. The number of rotatable bonds is 3. The van der Waals surface area contributed by atoms with E-state index < -0.39 is 18.1 Å². The van der Waals surface area contributed by atoms with Crippen LogP contribution in [0.4, 0.5) is 0 Å². The molecule has 3 N–H and O–H groups in total. The molecule has 0 saturated carbocycles. The van der Waals surface area contributed by atoms with Gasteiger partial charge >= 0.3 is 5.97 Å². The van der Waals surface area contributed by atoms with Crippen molar-refractivity contribution in [3.05, 3.63) is 0 Å². The Morgan fingerprint density at radius 2 is 2.50 bits per heavy atom. The highest BCUT2D eigenvalue weighted by atomic mass is 16.4. The summed E-state index contributed by atoms with van der Waals surface area (Å²) in [5.41, 5.74) is 0. The van der Waals surface area contributed by atoms with Gasteiger partial charge in [0.15, 0.2) is 0 Å². The summed E-state index contributed by atoms with van der Waals surface area (Å²) < 4.78 is 0. The Morgan fingerprint density at radius 3 is 2.83 bits per heavy atom. The molecule has 1 aliphatic rings.